The summed E-state index contributed by atoms with van der Waals surface area (Å²) in [5, 5.41) is 2.20. The lowest BCUT2D eigenvalue weighted by Gasteiger charge is -2.41. The number of amides is 2. The number of likely N-dealkylation sites (N-methyl/N-ethyl adjacent to an activating group) is 1. The van der Waals surface area contributed by atoms with E-state index in [4.69, 9.17) is 13.9 Å². The molecule has 0 aliphatic rings. The number of carbonyl (C=O) groups excluding carboxylic acids is 3. The van der Waals surface area contributed by atoms with Crippen molar-refractivity contribution in [3.05, 3.63) is 82.9 Å². The van der Waals surface area contributed by atoms with Gasteiger partial charge < -0.3 is 23.7 Å². The lowest BCUT2D eigenvalue weighted by Crippen LogP contribution is -2.57. The lowest BCUT2D eigenvalue weighted by atomic mass is 10.0. The second-order valence-corrected chi connectivity index (χ2v) is 22.6. The minimum atomic E-state index is -2.62. The van der Waals surface area contributed by atoms with Crippen molar-refractivity contribution in [2.24, 2.45) is 0 Å². The Kier molecular flexibility index (Phi) is 17.2. The van der Waals surface area contributed by atoms with Crippen LogP contribution in [0.4, 0.5) is 0 Å². The predicted octanol–water partition coefficient (Wildman–Crippen LogP) is 9.62. The Hall–Kier alpha value is -3.53. The Morgan fingerprint density at radius 1 is 0.709 bits per heavy atom. The van der Waals surface area contributed by atoms with Gasteiger partial charge >= 0.3 is 5.97 Å². The molecule has 0 heterocycles. The van der Waals surface area contributed by atoms with Crippen LogP contribution in [0.2, 0.25) is 18.1 Å². The minimum Gasteiger partial charge on any atom is -0.458 e. The van der Waals surface area contributed by atoms with Gasteiger partial charge in [0.15, 0.2) is 20.5 Å². The smallest absolute Gasteiger partial charge is 0.337 e. The molecule has 3 aromatic carbocycles. The van der Waals surface area contributed by atoms with E-state index in [0.717, 1.165) is 38.5 Å². The molecule has 2 amide bonds. The first-order valence-corrected chi connectivity index (χ1v) is 23.1. The zero-order valence-corrected chi connectivity index (χ0v) is 37.1. The SMILES string of the molecule is Cc1ccc(CCCCCO[C@@H](C(=O)N(CCCCCc2ccc3ccccc3c2)CC(=O)N(C)C)[C@@H](O[Si](C)(C)C(C)(C)C)C(=O)OC(C)(C)C)cc1C. The maximum atomic E-state index is 14.8. The maximum Gasteiger partial charge on any atom is 0.337 e. The maximum absolute atomic E-state index is 14.8. The molecule has 0 aliphatic heterocycles. The molecule has 0 spiro atoms. The van der Waals surface area contributed by atoms with Gasteiger partial charge in [0.2, 0.25) is 5.91 Å². The Labute approximate surface area is 333 Å². The molecule has 304 valence electrons. The Morgan fingerprint density at radius 2 is 1.31 bits per heavy atom. The van der Waals surface area contributed by atoms with Crippen LogP contribution < -0.4 is 0 Å². The van der Waals surface area contributed by atoms with E-state index >= 15 is 0 Å². The van der Waals surface area contributed by atoms with E-state index in [1.54, 1.807) is 19.0 Å². The van der Waals surface area contributed by atoms with Crippen LogP contribution in [0.1, 0.15) is 102 Å². The zero-order chi connectivity index (χ0) is 41.0. The first-order chi connectivity index (χ1) is 25.7. The Balaban J connectivity index is 1.82. The topological polar surface area (TPSA) is 85.4 Å². The molecular weight excluding hydrogens is 705 g/mol. The number of ether oxygens (including phenoxy) is 2. The normalized spacial score (nSPS) is 13.4. The van der Waals surface area contributed by atoms with Crippen LogP contribution in [0.5, 0.6) is 0 Å². The summed E-state index contributed by atoms with van der Waals surface area (Å²) in [5.41, 5.74) is 4.36. The number of unbranched alkanes of at least 4 members (excludes halogenated alkanes) is 4. The van der Waals surface area contributed by atoms with Crippen molar-refractivity contribution in [1.29, 1.82) is 0 Å². The fourth-order valence-electron chi connectivity index (χ4n) is 6.11. The standard InChI is InChI=1S/C46H70N2O6Si/c1-34-25-26-36(31-35(34)2)21-16-14-20-30-52-41(42(44(51)53-45(3,4)5)54-55(11,12)46(6,7)8)43(50)48(33-40(49)47(9)10)29-19-13-15-22-37-27-28-38-23-17-18-24-39(38)32-37/h17-18,23-28,31-32,41-42H,13-16,19-22,29-30,33H2,1-12H3/t41-,42-/m1/s1. The first-order valence-electron chi connectivity index (χ1n) is 20.2. The van der Waals surface area contributed by atoms with E-state index < -0.39 is 38.0 Å². The van der Waals surface area contributed by atoms with E-state index in [1.807, 2.05) is 20.8 Å². The van der Waals surface area contributed by atoms with Gasteiger partial charge in [0.25, 0.3) is 5.91 Å². The highest BCUT2D eigenvalue weighted by Gasteiger charge is 2.47. The summed E-state index contributed by atoms with van der Waals surface area (Å²) in [4.78, 5) is 45.1. The number of fused-ring (bicyclic) bond motifs is 1. The van der Waals surface area contributed by atoms with Gasteiger partial charge in [0.05, 0.1) is 6.54 Å². The van der Waals surface area contributed by atoms with Crippen molar-refractivity contribution in [2.45, 2.75) is 143 Å². The van der Waals surface area contributed by atoms with Crippen molar-refractivity contribution in [2.75, 3.05) is 33.8 Å². The van der Waals surface area contributed by atoms with E-state index in [2.05, 4.69) is 108 Å². The molecule has 0 fully saturated rings. The van der Waals surface area contributed by atoms with Crippen molar-refractivity contribution >= 4 is 36.9 Å². The van der Waals surface area contributed by atoms with Gasteiger partial charge in [-0.3, -0.25) is 9.59 Å². The van der Waals surface area contributed by atoms with E-state index in [1.165, 1.54) is 37.9 Å². The summed E-state index contributed by atoms with van der Waals surface area (Å²) in [6, 6.07) is 21.5. The van der Waals surface area contributed by atoms with Crippen LogP contribution in [0.25, 0.3) is 10.8 Å². The monoisotopic (exact) mass is 775 g/mol. The molecule has 8 nitrogen and oxygen atoms in total. The van der Waals surface area contributed by atoms with Crippen LogP contribution in [-0.2, 0) is 41.1 Å². The van der Waals surface area contributed by atoms with Gasteiger partial charge in [-0.1, -0.05) is 94.3 Å². The second kappa shape index (κ2) is 20.6. The van der Waals surface area contributed by atoms with Crippen molar-refractivity contribution in [3.63, 3.8) is 0 Å². The fraction of sp³-hybridized carbons (Fsp3) is 0.587. The molecule has 2 atom stereocenters. The predicted molar refractivity (Wildman–Crippen MR) is 228 cm³/mol. The Morgan fingerprint density at radius 3 is 1.91 bits per heavy atom. The minimum absolute atomic E-state index is 0.118. The molecule has 0 aromatic heterocycles. The van der Waals surface area contributed by atoms with Gasteiger partial charge in [-0.2, -0.15) is 0 Å². The average Bonchev–Trinajstić information content (AvgIpc) is 3.09. The van der Waals surface area contributed by atoms with Gasteiger partial charge in [0.1, 0.15) is 5.60 Å². The second-order valence-electron chi connectivity index (χ2n) is 17.9. The molecule has 0 saturated heterocycles. The van der Waals surface area contributed by atoms with Crippen molar-refractivity contribution < 1.29 is 28.3 Å². The fourth-order valence-corrected chi connectivity index (χ4v) is 7.32. The number of rotatable bonds is 20. The lowest BCUT2D eigenvalue weighted by molar-refractivity contribution is -0.178. The quantitative estimate of drug-likeness (QED) is 0.0646. The molecule has 55 heavy (non-hydrogen) atoms. The first kappa shape index (κ1) is 45.9. The number of benzene rings is 3. The highest BCUT2D eigenvalue weighted by molar-refractivity contribution is 6.74. The Bertz CT molecular complexity index is 1710. The van der Waals surface area contributed by atoms with E-state index in [9.17, 15) is 14.4 Å². The van der Waals surface area contributed by atoms with Crippen molar-refractivity contribution in [3.8, 4) is 0 Å². The summed E-state index contributed by atoms with van der Waals surface area (Å²) in [5.74, 6) is -1.25. The van der Waals surface area contributed by atoms with E-state index in [-0.39, 0.29) is 24.1 Å². The third kappa shape index (κ3) is 14.8. The molecular formula is C46H70N2O6Si. The number of hydrogen-bond acceptors (Lipinski definition) is 6. The molecule has 0 radical (unpaired) electrons. The number of hydrogen-bond donors (Lipinski definition) is 0. The summed E-state index contributed by atoms with van der Waals surface area (Å²) in [6.07, 6.45) is 4.42. The van der Waals surface area contributed by atoms with Gasteiger partial charge in [-0.15, -0.1) is 0 Å². The summed E-state index contributed by atoms with van der Waals surface area (Å²) in [6.45, 7) is 20.6. The molecule has 3 rings (SSSR count). The highest BCUT2D eigenvalue weighted by Crippen LogP contribution is 2.38. The van der Waals surface area contributed by atoms with Gasteiger partial charge in [-0.25, -0.2) is 4.79 Å². The van der Waals surface area contributed by atoms with E-state index in [0.29, 0.717) is 19.4 Å². The van der Waals surface area contributed by atoms with Crippen LogP contribution >= 0.6 is 0 Å². The van der Waals surface area contributed by atoms with Crippen LogP contribution in [0, 0.1) is 13.8 Å². The number of nitrogens with zero attached hydrogens (tertiary/aromatic N) is 2. The van der Waals surface area contributed by atoms with Gasteiger partial charge in [0, 0.05) is 27.2 Å². The molecule has 0 aliphatic carbocycles. The van der Waals surface area contributed by atoms with Crippen LogP contribution in [0.15, 0.2) is 60.7 Å². The largest absolute Gasteiger partial charge is 0.458 e. The molecule has 9 heteroatoms. The number of carbonyl (C=O) groups is 3. The van der Waals surface area contributed by atoms with Gasteiger partial charge in [-0.05, 0) is 124 Å². The average molecular weight is 775 g/mol. The summed E-state index contributed by atoms with van der Waals surface area (Å²) < 4.78 is 19.2. The summed E-state index contributed by atoms with van der Waals surface area (Å²) in [7, 11) is 0.752. The molecule has 0 saturated carbocycles. The molecule has 0 N–H and O–H groups in total. The van der Waals surface area contributed by atoms with Crippen LogP contribution in [-0.4, -0.2) is 87.5 Å². The third-order valence-electron chi connectivity index (χ3n) is 10.7. The molecule has 0 bridgehead atoms. The van der Waals surface area contributed by atoms with Crippen LogP contribution in [0.3, 0.4) is 0 Å². The number of aryl methyl sites for hydroxylation is 4. The number of esters is 1. The highest BCUT2D eigenvalue weighted by atomic mass is 28.4. The summed E-state index contributed by atoms with van der Waals surface area (Å²) >= 11 is 0. The molecule has 0 unspecified atom stereocenters. The molecule has 3 aromatic rings. The third-order valence-corrected chi connectivity index (χ3v) is 15.2. The van der Waals surface area contributed by atoms with Crippen molar-refractivity contribution in [1.82, 2.24) is 9.80 Å². The zero-order valence-electron chi connectivity index (χ0n) is 36.1.